The molecule has 29 heavy (non-hydrogen) atoms. The Hall–Kier alpha value is -3.55. The average Bonchev–Trinajstić information content (AvgIpc) is 3.10. The van der Waals surface area contributed by atoms with E-state index in [1.165, 1.54) is 7.11 Å². The molecule has 150 valence electrons. The van der Waals surface area contributed by atoms with Gasteiger partial charge in [-0.15, -0.1) is 0 Å². The van der Waals surface area contributed by atoms with Crippen molar-refractivity contribution in [3.63, 3.8) is 0 Å². The average molecular weight is 395 g/mol. The van der Waals surface area contributed by atoms with Crippen LogP contribution in [0, 0.1) is 5.92 Å². The van der Waals surface area contributed by atoms with Gasteiger partial charge in [0.1, 0.15) is 0 Å². The van der Waals surface area contributed by atoms with Crippen LogP contribution in [0.25, 0.3) is 11.0 Å². The molecule has 1 aliphatic rings. The van der Waals surface area contributed by atoms with Crippen molar-refractivity contribution in [3.8, 4) is 11.5 Å². The predicted octanol–water partition coefficient (Wildman–Crippen LogP) is 2.77. The monoisotopic (exact) mass is 395 g/mol. The van der Waals surface area contributed by atoms with Gasteiger partial charge in [0, 0.05) is 0 Å². The van der Waals surface area contributed by atoms with E-state index in [4.69, 9.17) is 14.2 Å². The molecule has 8 nitrogen and oxygen atoms in total. The number of anilines is 1. The lowest BCUT2D eigenvalue weighted by Gasteiger charge is -2.32. The summed E-state index contributed by atoms with van der Waals surface area (Å²) in [6.45, 7) is 1.89. The van der Waals surface area contributed by atoms with Gasteiger partial charge in [0.25, 0.3) is 0 Å². The molecule has 2 atom stereocenters. The minimum atomic E-state index is -1.07. The van der Waals surface area contributed by atoms with Gasteiger partial charge in [-0.05, 0) is 36.8 Å². The predicted molar refractivity (Wildman–Crippen MR) is 106 cm³/mol. The smallest absolute Gasteiger partial charge is 0.321 e. The summed E-state index contributed by atoms with van der Waals surface area (Å²) < 4.78 is 17.8. The third-order valence-corrected chi connectivity index (χ3v) is 5.00. The number of methoxy groups -OCH3 is 2. The van der Waals surface area contributed by atoms with Crippen molar-refractivity contribution in [1.82, 2.24) is 9.55 Å². The number of carbonyl (C=O) groups excluding carboxylic acids is 2. The number of nitrogens with zero attached hydrogens (tertiary/aromatic N) is 2. The number of hydrogen-bond acceptors (Lipinski definition) is 6. The Morgan fingerprint density at radius 2 is 1.90 bits per heavy atom. The number of amides is 1. The summed E-state index contributed by atoms with van der Waals surface area (Å²) in [5, 5.41) is 2.75. The zero-order valence-electron chi connectivity index (χ0n) is 16.3. The maximum Gasteiger partial charge on any atom is 0.321 e. The molecular weight excluding hydrogens is 374 g/mol. The first-order valence-electron chi connectivity index (χ1n) is 9.25. The van der Waals surface area contributed by atoms with E-state index in [1.807, 2.05) is 34.9 Å². The number of carbonyl (C=O) groups is 2. The molecule has 2 heterocycles. The number of esters is 1. The Morgan fingerprint density at radius 3 is 2.62 bits per heavy atom. The SMILES string of the molecule is CCOC(=O)[C@@H]1C(=O)Nc2nc3ccccc3n2[C@@H]1c1ccc(OC)c(OC)c1. The van der Waals surface area contributed by atoms with E-state index in [0.717, 1.165) is 11.0 Å². The van der Waals surface area contributed by atoms with Gasteiger partial charge in [-0.25, -0.2) is 4.98 Å². The molecule has 4 rings (SSSR count). The molecule has 0 aliphatic carbocycles. The van der Waals surface area contributed by atoms with Crippen LogP contribution in [0.2, 0.25) is 0 Å². The lowest BCUT2D eigenvalue weighted by molar-refractivity contribution is -0.152. The molecule has 0 saturated carbocycles. The molecule has 1 aliphatic heterocycles. The molecule has 8 heteroatoms. The van der Waals surface area contributed by atoms with Crippen LogP contribution in [0.5, 0.6) is 11.5 Å². The van der Waals surface area contributed by atoms with Crippen molar-refractivity contribution in [2.24, 2.45) is 5.92 Å². The molecule has 3 aromatic rings. The molecular formula is C21H21N3O5. The summed E-state index contributed by atoms with van der Waals surface area (Å²) in [4.78, 5) is 30.2. The first-order valence-corrected chi connectivity index (χ1v) is 9.25. The van der Waals surface area contributed by atoms with Crippen LogP contribution in [0.1, 0.15) is 18.5 Å². The van der Waals surface area contributed by atoms with E-state index in [2.05, 4.69) is 10.3 Å². The molecule has 0 spiro atoms. The van der Waals surface area contributed by atoms with Crippen LogP contribution in [0.4, 0.5) is 5.95 Å². The minimum absolute atomic E-state index is 0.179. The summed E-state index contributed by atoms with van der Waals surface area (Å²) in [6, 6.07) is 12.2. The van der Waals surface area contributed by atoms with E-state index >= 15 is 0 Å². The molecule has 0 fully saturated rings. The van der Waals surface area contributed by atoms with Crippen LogP contribution in [0.15, 0.2) is 42.5 Å². The lowest BCUT2D eigenvalue weighted by atomic mass is 9.90. The first-order chi connectivity index (χ1) is 14.1. The number of rotatable bonds is 5. The van der Waals surface area contributed by atoms with Gasteiger partial charge in [0.15, 0.2) is 17.4 Å². The van der Waals surface area contributed by atoms with Crippen LogP contribution in [-0.2, 0) is 14.3 Å². The number of nitrogens with one attached hydrogen (secondary N) is 1. The Kier molecular flexibility index (Phi) is 4.84. The standard InChI is InChI=1S/C21H21N3O5/c1-4-29-20(26)17-18(12-9-10-15(27-2)16(11-12)28-3)24-14-8-6-5-7-13(14)22-21(24)23-19(17)25/h5-11,17-18H,4H2,1-3H3,(H,22,23,25)/t17-,18+/m0/s1. The maximum atomic E-state index is 12.9. The highest BCUT2D eigenvalue weighted by atomic mass is 16.5. The molecule has 1 aromatic heterocycles. The minimum Gasteiger partial charge on any atom is -0.493 e. The first kappa shape index (κ1) is 18.8. The highest BCUT2D eigenvalue weighted by Gasteiger charge is 2.44. The largest absolute Gasteiger partial charge is 0.493 e. The fraction of sp³-hybridized carbons (Fsp3) is 0.286. The highest BCUT2D eigenvalue weighted by molar-refractivity contribution is 6.07. The number of hydrogen-bond donors (Lipinski definition) is 1. The number of ether oxygens (including phenoxy) is 3. The fourth-order valence-corrected chi connectivity index (χ4v) is 3.74. The molecule has 0 saturated heterocycles. The van der Waals surface area contributed by atoms with Crippen LogP contribution in [0.3, 0.4) is 0 Å². The van der Waals surface area contributed by atoms with Crippen LogP contribution in [-0.4, -0.2) is 42.3 Å². The maximum absolute atomic E-state index is 12.9. The van der Waals surface area contributed by atoms with Gasteiger partial charge in [0.05, 0.1) is 37.9 Å². The topological polar surface area (TPSA) is 91.7 Å². The van der Waals surface area contributed by atoms with E-state index in [0.29, 0.717) is 23.0 Å². The van der Waals surface area contributed by atoms with Crippen LogP contribution < -0.4 is 14.8 Å². The van der Waals surface area contributed by atoms with E-state index in [-0.39, 0.29) is 6.61 Å². The van der Waals surface area contributed by atoms with Gasteiger partial charge in [-0.1, -0.05) is 18.2 Å². The Morgan fingerprint density at radius 1 is 1.14 bits per heavy atom. The highest BCUT2D eigenvalue weighted by Crippen LogP contribution is 2.41. The number of imidazole rings is 1. The van der Waals surface area contributed by atoms with Gasteiger partial charge >= 0.3 is 5.97 Å². The fourth-order valence-electron chi connectivity index (χ4n) is 3.74. The Balaban J connectivity index is 1.96. The molecule has 1 N–H and O–H groups in total. The summed E-state index contributed by atoms with van der Waals surface area (Å²) >= 11 is 0. The van der Waals surface area contributed by atoms with Crippen molar-refractivity contribution >= 4 is 28.9 Å². The third kappa shape index (κ3) is 3.06. The van der Waals surface area contributed by atoms with Gasteiger partial charge < -0.3 is 18.8 Å². The number of benzene rings is 2. The van der Waals surface area contributed by atoms with Crippen molar-refractivity contribution in [2.45, 2.75) is 13.0 Å². The van der Waals surface area contributed by atoms with Crippen molar-refractivity contribution < 1.29 is 23.8 Å². The van der Waals surface area contributed by atoms with Gasteiger partial charge in [0.2, 0.25) is 11.9 Å². The molecule has 2 aromatic carbocycles. The second kappa shape index (κ2) is 7.46. The molecule has 0 bridgehead atoms. The van der Waals surface area contributed by atoms with Crippen molar-refractivity contribution in [3.05, 3.63) is 48.0 Å². The summed E-state index contributed by atoms with van der Waals surface area (Å²) in [5.41, 5.74) is 2.23. The Labute approximate surface area is 167 Å². The second-order valence-electron chi connectivity index (χ2n) is 6.57. The van der Waals surface area contributed by atoms with E-state index in [9.17, 15) is 9.59 Å². The second-order valence-corrected chi connectivity index (χ2v) is 6.57. The van der Waals surface area contributed by atoms with Crippen molar-refractivity contribution in [2.75, 3.05) is 26.1 Å². The van der Waals surface area contributed by atoms with E-state index in [1.54, 1.807) is 26.2 Å². The quantitative estimate of drug-likeness (QED) is 0.528. The van der Waals surface area contributed by atoms with E-state index < -0.39 is 23.8 Å². The summed E-state index contributed by atoms with van der Waals surface area (Å²) in [6.07, 6.45) is 0. The van der Waals surface area contributed by atoms with Crippen molar-refractivity contribution in [1.29, 1.82) is 0 Å². The third-order valence-electron chi connectivity index (χ3n) is 5.00. The normalized spacial score (nSPS) is 18.1. The zero-order valence-corrected chi connectivity index (χ0v) is 16.3. The number of aromatic nitrogens is 2. The number of fused-ring (bicyclic) bond motifs is 3. The Bertz CT molecular complexity index is 1090. The zero-order chi connectivity index (χ0) is 20.5. The molecule has 1 amide bonds. The van der Waals surface area contributed by atoms with Gasteiger partial charge in [-0.2, -0.15) is 0 Å². The summed E-state index contributed by atoms with van der Waals surface area (Å²) in [7, 11) is 3.09. The molecule has 0 radical (unpaired) electrons. The lowest BCUT2D eigenvalue weighted by Crippen LogP contribution is -2.43. The van der Waals surface area contributed by atoms with Crippen LogP contribution >= 0.6 is 0 Å². The molecule has 0 unspecified atom stereocenters. The van der Waals surface area contributed by atoms with Gasteiger partial charge in [-0.3, -0.25) is 14.9 Å². The summed E-state index contributed by atoms with van der Waals surface area (Å²) in [5.74, 6) is -0.668. The number of para-hydroxylation sites is 2.